The molecule has 2 aromatic carbocycles. The predicted molar refractivity (Wildman–Crippen MR) is 84.9 cm³/mol. The van der Waals surface area contributed by atoms with E-state index in [1.807, 2.05) is 55.5 Å². The maximum atomic E-state index is 10.3. The van der Waals surface area contributed by atoms with Crippen LogP contribution >= 0.6 is 27.5 Å². The van der Waals surface area contributed by atoms with E-state index in [1.54, 1.807) is 0 Å². The van der Waals surface area contributed by atoms with Crippen molar-refractivity contribution in [2.45, 2.75) is 18.9 Å². The first-order chi connectivity index (χ1) is 9.03. The monoisotopic (exact) mass is 338 g/mol. The first kappa shape index (κ1) is 14.6. The van der Waals surface area contributed by atoms with Crippen LogP contribution in [-0.2, 0) is 5.60 Å². The molecule has 0 amide bonds. The van der Waals surface area contributed by atoms with Crippen LogP contribution in [0.2, 0.25) is 5.02 Å². The van der Waals surface area contributed by atoms with Gasteiger partial charge in [-0.2, -0.15) is 0 Å². The molecule has 2 aromatic rings. The van der Waals surface area contributed by atoms with Crippen molar-refractivity contribution < 1.29 is 5.11 Å². The third-order valence-corrected chi connectivity index (χ3v) is 3.88. The zero-order chi connectivity index (χ0) is 13.9. The van der Waals surface area contributed by atoms with Crippen molar-refractivity contribution in [2.24, 2.45) is 0 Å². The second-order valence-corrected chi connectivity index (χ2v) is 6.03. The molecule has 0 aromatic heterocycles. The van der Waals surface area contributed by atoms with E-state index in [0.717, 1.165) is 27.0 Å². The molecule has 0 radical (unpaired) electrons. The van der Waals surface area contributed by atoms with Crippen molar-refractivity contribution in [3.63, 3.8) is 0 Å². The molecule has 0 heterocycles. The third-order valence-electron chi connectivity index (χ3n) is 3.25. The zero-order valence-corrected chi connectivity index (χ0v) is 13.1. The molecule has 1 nitrogen and oxygen atoms in total. The van der Waals surface area contributed by atoms with Crippen LogP contribution < -0.4 is 0 Å². The molecule has 1 atom stereocenters. The summed E-state index contributed by atoms with van der Waals surface area (Å²) in [5, 5.41) is 11.8. The van der Waals surface area contributed by atoms with Crippen molar-refractivity contribution in [1.29, 1.82) is 0 Å². The Bertz CT molecular complexity index is 549. The lowest BCUT2D eigenvalue weighted by Crippen LogP contribution is -2.21. The van der Waals surface area contributed by atoms with Gasteiger partial charge < -0.3 is 5.11 Å². The molecule has 2 rings (SSSR count). The lowest BCUT2D eigenvalue weighted by molar-refractivity contribution is 0.0547. The van der Waals surface area contributed by atoms with Gasteiger partial charge in [0.2, 0.25) is 0 Å². The quantitative estimate of drug-likeness (QED) is 0.777. The molecule has 0 aliphatic carbocycles. The van der Waals surface area contributed by atoms with E-state index in [4.69, 9.17) is 11.6 Å². The Balaban J connectivity index is 2.28. The molecule has 100 valence electrons. The van der Waals surface area contributed by atoms with Crippen LogP contribution in [0.1, 0.15) is 18.9 Å². The number of rotatable bonds is 4. The highest BCUT2D eigenvalue weighted by Gasteiger charge is 2.21. The summed E-state index contributed by atoms with van der Waals surface area (Å²) >= 11 is 9.36. The van der Waals surface area contributed by atoms with Gasteiger partial charge in [-0.3, -0.25) is 0 Å². The molecule has 0 aliphatic rings. The fourth-order valence-electron chi connectivity index (χ4n) is 2.02. The standard InChI is InChI=1S/C16H16BrClO/c1-16(19,9-10-17)14-7-5-12(6-8-14)13-3-2-4-15(18)11-13/h2-8,11,19H,9-10H2,1H3. The van der Waals surface area contributed by atoms with Gasteiger partial charge >= 0.3 is 0 Å². The maximum Gasteiger partial charge on any atom is 0.0876 e. The predicted octanol–water partition coefficient (Wildman–Crippen LogP) is 5.00. The molecule has 0 spiro atoms. The molecule has 0 saturated heterocycles. The van der Waals surface area contributed by atoms with Gasteiger partial charge in [0, 0.05) is 10.4 Å². The van der Waals surface area contributed by atoms with Gasteiger partial charge in [-0.05, 0) is 42.2 Å². The summed E-state index contributed by atoms with van der Waals surface area (Å²) in [6, 6.07) is 15.7. The number of benzene rings is 2. The summed E-state index contributed by atoms with van der Waals surface area (Å²) in [6.07, 6.45) is 0.684. The smallest absolute Gasteiger partial charge is 0.0876 e. The summed E-state index contributed by atoms with van der Waals surface area (Å²) in [5.41, 5.74) is 2.31. The highest BCUT2D eigenvalue weighted by molar-refractivity contribution is 9.09. The Kier molecular flexibility index (Phi) is 4.67. The number of alkyl halides is 1. The average Bonchev–Trinajstić information content (AvgIpc) is 2.39. The third kappa shape index (κ3) is 3.59. The van der Waals surface area contributed by atoms with Gasteiger partial charge in [-0.25, -0.2) is 0 Å². The van der Waals surface area contributed by atoms with Crippen LogP contribution in [0.3, 0.4) is 0 Å². The topological polar surface area (TPSA) is 20.2 Å². The minimum Gasteiger partial charge on any atom is -0.385 e. The van der Waals surface area contributed by atoms with E-state index in [9.17, 15) is 5.11 Å². The molecule has 1 unspecified atom stereocenters. The molecular formula is C16H16BrClO. The second-order valence-electron chi connectivity index (χ2n) is 4.80. The number of halogens is 2. The van der Waals surface area contributed by atoms with Gasteiger partial charge in [-0.15, -0.1) is 0 Å². The van der Waals surface area contributed by atoms with E-state index < -0.39 is 5.60 Å². The van der Waals surface area contributed by atoms with E-state index in [1.165, 1.54) is 0 Å². The normalized spacial score (nSPS) is 14.1. The maximum absolute atomic E-state index is 10.3. The first-order valence-electron chi connectivity index (χ1n) is 6.18. The van der Waals surface area contributed by atoms with Crippen molar-refractivity contribution >= 4 is 27.5 Å². The number of hydrogen-bond acceptors (Lipinski definition) is 1. The summed E-state index contributed by atoms with van der Waals surface area (Å²) in [5.74, 6) is 0. The second kappa shape index (κ2) is 6.08. The Hall–Kier alpha value is -0.830. The largest absolute Gasteiger partial charge is 0.385 e. The minimum absolute atomic E-state index is 0.684. The molecule has 19 heavy (non-hydrogen) atoms. The molecule has 1 N–H and O–H groups in total. The van der Waals surface area contributed by atoms with Crippen molar-refractivity contribution in [1.82, 2.24) is 0 Å². The Labute approximate surface area is 127 Å². The van der Waals surface area contributed by atoms with Crippen LogP contribution in [0.4, 0.5) is 0 Å². The Morgan fingerprint density at radius 3 is 2.37 bits per heavy atom. The molecule has 0 fully saturated rings. The van der Waals surface area contributed by atoms with E-state index in [-0.39, 0.29) is 0 Å². The van der Waals surface area contributed by atoms with Crippen LogP contribution in [-0.4, -0.2) is 10.4 Å². The molecule has 0 saturated carbocycles. The zero-order valence-electron chi connectivity index (χ0n) is 10.7. The van der Waals surface area contributed by atoms with Gasteiger partial charge in [-0.1, -0.05) is 63.9 Å². The summed E-state index contributed by atoms with van der Waals surface area (Å²) < 4.78 is 0. The lowest BCUT2D eigenvalue weighted by Gasteiger charge is -2.23. The summed E-state index contributed by atoms with van der Waals surface area (Å²) in [7, 11) is 0. The van der Waals surface area contributed by atoms with Crippen LogP contribution in [0, 0.1) is 0 Å². The average molecular weight is 340 g/mol. The van der Waals surface area contributed by atoms with Crippen LogP contribution in [0.5, 0.6) is 0 Å². The van der Waals surface area contributed by atoms with Crippen molar-refractivity contribution in [3.8, 4) is 11.1 Å². The molecule has 0 bridgehead atoms. The van der Waals surface area contributed by atoms with Gasteiger partial charge in [0.1, 0.15) is 0 Å². The highest BCUT2D eigenvalue weighted by atomic mass is 79.9. The molecule has 0 aliphatic heterocycles. The highest BCUT2D eigenvalue weighted by Crippen LogP contribution is 2.28. The summed E-state index contributed by atoms with van der Waals surface area (Å²) in [4.78, 5) is 0. The van der Waals surface area contributed by atoms with Crippen LogP contribution in [0.15, 0.2) is 48.5 Å². The van der Waals surface area contributed by atoms with Crippen LogP contribution in [0.25, 0.3) is 11.1 Å². The minimum atomic E-state index is -0.795. The summed E-state index contributed by atoms with van der Waals surface area (Å²) in [6.45, 7) is 1.84. The fourth-order valence-corrected chi connectivity index (χ4v) is 2.98. The number of aliphatic hydroxyl groups is 1. The first-order valence-corrected chi connectivity index (χ1v) is 7.68. The SMILES string of the molecule is CC(O)(CCBr)c1ccc(-c2cccc(Cl)c2)cc1. The molecular weight excluding hydrogens is 324 g/mol. The Morgan fingerprint density at radius 2 is 1.79 bits per heavy atom. The van der Waals surface area contributed by atoms with E-state index >= 15 is 0 Å². The van der Waals surface area contributed by atoms with Gasteiger partial charge in [0.05, 0.1) is 5.60 Å². The van der Waals surface area contributed by atoms with Gasteiger partial charge in [0.15, 0.2) is 0 Å². The lowest BCUT2D eigenvalue weighted by atomic mass is 9.92. The van der Waals surface area contributed by atoms with E-state index in [0.29, 0.717) is 6.42 Å². The number of hydrogen-bond donors (Lipinski definition) is 1. The Morgan fingerprint density at radius 1 is 1.11 bits per heavy atom. The van der Waals surface area contributed by atoms with Crippen molar-refractivity contribution in [3.05, 3.63) is 59.1 Å². The van der Waals surface area contributed by atoms with Crippen molar-refractivity contribution in [2.75, 3.05) is 5.33 Å². The van der Waals surface area contributed by atoms with E-state index in [2.05, 4.69) is 15.9 Å². The van der Waals surface area contributed by atoms with Gasteiger partial charge in [0.25, 0.3) is 0 Å². The molecule has 3 heteroatoms. The fraction of sp³-hybridized carbons (Fsp3) is 0.250.